The van der Waals surface area contributed by atoms with E-state index >= 15 is 0 Å². The molecule has 2 aliphatic heterocycles. The van der Waals surface area contributed by atoms with Crippen LogP contribution in [0.3, 0.4) is 0 Å². The summed E-state index contributed by atoms with van der Waals surface area (Å²) in [4.78, 5) is 29.1. The molecule has 1 unspecified atom stereocenters. The van der Waals surface area contributed by atoms with Crippen LogP contribution in [0.25, 0.3) is 0 Å². The Kier molecular flexibility index (Phi) is 4.49. The molecule has 0 aromatic carbocycles. The van der Waals surface area contributed by atoms with Gasteiger partial charge in [0.25, 0.3) is 11.8 Å². The van der Waals surface area contributed by atoms with Crippen molar-refractivity contribution in [1.29, 1.82) is 0 Å². The van der Waals surface area contributed by atoms with Crippen molar-refractivity contribution in [3.63, 3.8) is 0 Å². The molecule has 8 nitrogen and oxygen atoms in total. The quantitative estimate of drug-likeness (QED) is 0.806. The number of amides is 2. The maximum absolute atomic E-state index is 13.0. The average molecular weight is 371 g/mol. The highest BCUT2D eigenvalue weighted by Gasteiger charge is 2.31. The Labute approximate surface area is 158 Å². The summed E-state index contributed by atoms with van der Waals surface area (Å²) >= 11 is 0. The third-order valence-corrected chi connectivity index (χ3v) is 5.60. The number of hydrogen-bond donors (Lipinski definition) is 0. The van der Waals surface area contributed by atoms with Gasteiger partial charge in [0.15, 0.2) is 0 Å². The highest BCUT2D eigenvalue weighted by molar-refractivity contribution is 5.96. The van der Waals surface area contributed by atoms with Crippen LogP contribution < -0.4 is 0 Å². The zero-order valence-corrected chi connectivity index (χ0v) is 16.1. The highest BCUT2D eigenvalue weighted by Crippen LogP contribution is 2.29. The van der Waals surface area contributed by atoms with Gasteiger partial charge in [0.1, 0.15) is 17.0 Å². The normalized spacial score (nSPS) is 20.6. The maximum atomic E-state index is 13.0. The fourth-order valence-electron chi connectivity index (χ4n) is 4.08. The molecule has 1 saturated heterocycles. The summed E-state index contributed by atoms with van der Waals surface area (Å²) in [6, 6.07) is 1.92. The Morgan fingerprint density at radius 2 is 2.04 bits per heavy atom. The van der Waals surface area contributed by atoms with E-state index in [-0.39, 0.29) is 17.7 Å². The topological polar surface area (TPSA) is 84.5 Å². The SMILES string of the molecule is Cc1noc(C)c1C(=O)N1CCCC(c2cc3n(n2)CCCN(C)C3=O)C1. The molecule has 0 spiro atoms. The molecule has 4 heterocycles. The minimum atomic E-state index is -0.0347. The number of piperidine rings is 1. The third kappa shape index (κ3) is 3.13. The van der Waals surface area contributed by atoms with E-state index in [0.29, 0.717) is 35.8 Å². The van der Waals surface area contributed by atoms with Crippen LogP contribution in [0.2, 0.25) is 0 Å². The van der Waals surface area contributed by atoms with E-state index in [1.165, 1.54) is 0 Å². The van der Waals surface area contributed by atoms with Crippen LogP contribution in [-0.4, -0.2) is 63.2 Å². The molecule has 2 aromatic rings. The molecule has 2 aliphatic rings. The molecule has 27 heavy (non-hydrogen) atoms. The molecule has 144 valence electrons. The Balaban J connectivity index is 1.56. The van der Waals surface area contributed by atoms with Crippen molar-refractivity contribution >= 4 is 11.8 Å². The van der Waals surface area contributed by atoms with E-state index < -0.39 is 0 Å². The summed E-state index contributed by atoms with van der Waals surface area (Å²) in [7, 11) is 1.83. The van der Waals surface area contributed by atoms with Crippen molar-refractivity contribution in [2.45, 2.75) is 45.6 Å². The number of hydrogen-bond acceptors (Lipinski definition) is 5. The largest absolute Gasteiger partial charge is 0.361 e. The number of aromatic nitrogens is 3. The van der Waals surface area contributed by atoms with Gasteiger partial charge in [-0.25, -0.2) is 0 Å². The summed E-state index contributed by atoms with van der Waals surface area (Å²) < 4.78 is 6.98. The molecule has 0 saturated carbocycles. The predicted octanol–water partition coefficient (Wildman–Crippen LogP) is 1.98. The first kappa shape index (κ1) is 17.8. The average Bonchev–Trinajstić information content (AvgIpc) is 3.20. The van der Waals surface area contributed by atoms with Gasteiger partial charge < -0.3 is 14.3 Å². The van der Waals surface area contributed by atoms with Crippen molar-refractivity contribution in [3.8, 4) is 0 Å². The van der Waals surface area contributed by atoms with E-state index in [0.717, 1.165) is 38.0 Å². The number of nitrogens with zero attached hydrogens (tertiary/aromatic N) is 5. The molecule has 2 amide bonds. The van der Waals surface area contributed by atoms with E-state index in [9.17, 15) is 9.59 Å². The summed E-state index contributed by atoms with van der Waals surface area (Å²) in [5.41, 5.74) is 2.75. The molecular weight excluding hydrogens is 346 g/mol. The summed E-state index contributed by atoms with van der Waals surface area (Å²) in [6.07, 6.45) is 2.78. The number of likely N-dealkylation sites (tertiary alicyclic amines) is 1. The van der Waals surface area contributed by atoms with Gasteiger partial charge >= 0.3 is 0 Å². The number of carbonyl (C=O) groups is 2. The Morgan fingerprint density at radius 1 is 1.22 bits per heavy atom. The lowest BCUT2D eigenvalue weighted by molar-refractivity contribution is 0.0702. The van der Waals surface area contributed by atoms with Crippen molar-refractivity contribution < 1.29 is 14.1 Å². The van der Waals surface area contributed by atoms with Crippen LogP contribution in [0.5, 0.6) is 0 Å². The van der Waals surface area contributed by atoms with E-state index in [2.05, 4.69) is 5.16 Å². The lowest BCUT2D eigenvalue weighted by atomic mass is 9.94. The van der Waals surface area contributed by atoms with Crippen molar-refractivity contribution in [2.24, 2.45) is 0 Å². The third-order valence-electron chi connectivity index (χ3n) is 5.60. The number of carbonyl (C=O) groups excluding carboxylic acids is 2. The van der Waals surface area contributed by atoms with Gasteiger partial charge in [-0.15, -0.1) is 0 Å². The van der Waals surface area contributed by atoms with Gasteiger partial charge in [0.05, 0.1) is 11.4 Å². The van der Waals surface area contributed by atoms with Gasteiger partial charge in [-0.1, -0.05) is 5.16 Å². The van der Waals surface area contributed by atoms with Crippen LogP contribution in [-0.2, 0) is 6.54 Å². The standard InChI is InChI=1S/C19H25N5O3/c1-12-17(13(2)27-21-12)19(26)23-8-4-6-14(11-23)15-10-16-18(25)22(3)7-5-9-24(16)20-15/h10,14H,4-9,11H2,1-3H3. The van der Waals surface area contributed by atoms with E-state index in [1.54, 1.807) is 18.7 Å². The number of rotatable bonds is 2. The van der Waals surface area contributed by atoms with Gasteiger partial charge in [-0.3, -0.25) is 14.3 Å². The Hall–Kier alpha value is -2.64. The molecule has 1 fully saturated rings. The Morgan fingerprint density at radius 3 is 2.78 bits per heavy atom. The van der Waals surface area contributed by atoms with Crippen LogP contribution in [0.1, 0.15) is 63.2 Å². The van der Waals surface area contributed by atoms with Crippen LogP contribution in [0.4, 0.5) is 0 Å². The molecule has 4 rings (SSSR count). The second-order valence-corrected chi connectivity index (χ2v) is 7.55. The van der Waals surface area contributed by atoms with E-state index in [1.807, 2.05) is 22.7 Å². The van der Waals surface area contributed by atoms with Crippen LogP contribution in [0, 0.1) is 13.8 Å². The molecule has 2 aromatic heterocycles. The van der Waals surface area contributed by atoms with Gasteiger partial charge in [-0.05, 0) is 39.2 Å². The predicted molar refractivity (Wildman–Crippen MR) is 97.7 cm³/mol. The van der Waals surface area contributed by atoms with Crippen LogP contribution in [0.15, 0.2) is 10.6 Å². The molecule has 0 radical (unpaired) electrons. The molecule has 0 N–H and O–H groups in total. The fourth-order valence-corrected chi connectivity index (χ4v) is 4.08. The first-order valence-electron chi connectivity index (χ1n) is 9.51. The maximum Gasteiger partial charge on any atom is 0.271 e. The summed E-state index contributed by atoms with van der Waals surface area (Å²) in [5.74, 6) is 0.681. The van der Waals surface area contributed by atoms with Crippen LogP contribution >= 0.6 is 0 Å². The number of aryl methyl sites for hydroxylation is 3. The summed E-state index contributed by atoms with van der Waals surface area (Å²) in [5, 5.41) is 8.61. The monoisotopic (exact) mass is 371 g/mol. The zero-order chi connectivity index (χ0) is 19.1. The minimum Gasteiger partial charge on any atom is -0.361 e. The minimum absolute atomic E-state index is 0.0192. The lowest BCUT2D eigenvalue weighted by Gasteiger charge is -2.32. The van der Waals surface area contributed by atoms with Crippen molar-refractivity contribution in [2.75, 3.05) is 26.7 Å². The Bertz CT molecular complexity index is 865. The number of fused-ring (bicyclic) bond motifs is 1. The molecule has 8 heteroatoms. The lowest BCUT2D eigenvalue weighted by Crippen LogP contribution is -2.39. The summed E-state index contributed by atoms with van der Waals surface area (Å²) in [6.45, 7) is 6.38. The zero-order valence-electron chi connectivity index (χ0n) is 16.1. The van der Waals surface area contributed by atoms with E-state index in [4.69, 9.17) is 9.62 Å². The fraction of sp³-hybridized carbons (Fsp3) is 0.579. The van der Waals surface area contributed by atoms with Gasteiger partial charge in [-0.2, -0.15) is 5.10 Å². The molecule has 1 atom stereocenters. The second kappa shape index (κ2) is 6.83. The first-order chi connectivity index (χ1) is 13.0. The molecule has 0 aliphatic carbocycles. The molecular formula is C19H25N5O3. The second-order valence-electron chi connectivity index (χ2n) is 7.55. The smallest absolute Gasteiger partial charge is 0.271 e. The molecule has 0 bridgehead atoms. The highest BCUT2D eigenvalue weighted by atomic mass is 16.5. The van der Waals surface area contributed by atoms with Crippen molar-refractivity contribution in [1.82, 2.24) is 24.7 Å². The van der Waals surface area contributed by atoms with Crippen molar-refractivity contribution in [3.05, 3.63) is 34.5 Å². The van der Waals surface area contributed by atoms with Gasteiger partial charge in [0.2, 0.25) is 0 Å². The van der Waals surface area contributed by atoms with Gasteiger partial charge in [0, 0.05) is 39.1 Å². The first-order valence-corrected chi connectivity index (χ1v) is 9.51.